The van der Waals surface area contributed by atoms with Crippen molar-refractivity contribution in [1.29, 1.82) is 0 Å². The first kappa shape index (κ1) is 12.9. The van der Waals surface area contributed by atoms with E-state index in [1.807, 2.05) is 19.1 Å². The van der Waals surface area contributed by atoms with Gasteiger partial charge in [0.1, 0.15) is 5.75 Å². The maximum absolute atomic E-state index is 11.4. The number of carbonyl (C=O) groups is 1. The van der Waals surface area contributed by atoms with Gasteiger partial charge in [0.25, 0.3) is 0 Å². The number of carbonyl (C=O) groups excluding carboxylic acids is 1. The van der Waals surface area contributed by atoms with Gasteiger partial charge in [0.15, 0.2) is 0 Å². The van der Waals surface area contributed by atoms with Gasteiger partial charge >= 0.3 is 5.97 Å². The summed E-state index contributed by atoms with van der Waals surface area (Å²) in [7, 11) is 1.40. The van der Waals surface area contributed by atoms with Crippen molar-refractivity contribution in [2.75, 3.05) is 13.7 Å². The third-order valence-corrected chi connectivity index (χ3v) is 3.23. The minimum absolute atomic E-state index is 0.147. The number of hydrogen-bond acceptors (Lipinski definition) is 4. The number of rotatable bonds is 4. The molecule has 0 heterocycles. The van der Waals surface area contributed by atoms with Gasteiger partial charge in [-0.25, -0.2) is 0 Å². The molecule has 18 heavy (non-hydrogen) atoms. The van der Waals surface area contributed by atoms with Crippen LogP contribution in [0.25, 0.3) is 0 Å². The molecule has 0 bridgehead atoms. The lowest BCUT2D eigenvalue weighted by atomic mass is 10.0. The molecule has 0 saturated carbocycles. The smallest absolute Gasteiger partial charge is 0.309 e. The summed E-state index contributed by atoms with van der Waals surface area (Å²) in [6, 6.07) is 4.11. The van der Waals surface area contributed by atoms with E-state index in [9.17, 15) is 4.79 Å². The Morgan fingerprint density at radius 1 is 1.44 bits per heavy atom. The van der Waals surface area contributed by atoms with Gasteiger partial charge in [-0.15, -0.1) is 0 Å². The summed E-state index contributed by atoms with van der Waals surface area (Å²) >= 11 is 0. The predicted molar refractivity (Wildman–Crippen MR) is 68.7 cm³/mol. The second-order valence-electron chi connectivity index (χ2n) is 4.57. The minimum atomic E-state index is -0.230. The number of benzene rings is 1. The Kier molecular flexibility index (Phi) is 3.87. The Labute approximate surface area is 107 Å². The largest absolute Gasteiger partial charge is 0.494 e. The zero-order valence-electron chi connectivity index (χ0n) is 10.9. The summed E-state index contributed by atoms with van der Waals surface area (Å²) in [5.41, 5.74) is 9.36. The van der Waals surface area contributed by atoms with Crippen LogP contribution < -0.4 is 10.5 Å². The van der Waals surface area contributed by atoms with Crippen molar-refractivity contribution >= 4 is 5.97 Å². The molecule has 4 heteroatoms. The Balaban J connectivity index is 2.34. The second kappa shape index (κ2) is 5.40. The third kappa shape index (κ3) is 2.64. The van der Waals surface area contributed by atoms with E-state index in [1.165, 1.54) is 18.2 Å². The van der Waals surface area contributed by atoms with E-state index in [-0.39, 0.29) is 18.4 Å². The molecule has 0 fully saturated rings. The molecular weight excluding hydrogens is 230 g/mol. The molecule has 0 saturated heterocycles. The summed E-state index contributed by atoms with van der Waals surface area (Å²) in [4.78, 5) is 11.4. The van der Waals surface area contributed by atoms with Crippen LogP contribution in [0.4, 0.5) is 0 Å². The van der Waals surface area contributed by atoms with Gasteiger partial charge in [-0.2, -0.15) is 0 Å². The molecule has 0 radical (unpaired) electrons. The SMILES string of the molecule is CCOc1cc(CC(=O)OC)c2c(c1)CC(N)C2. The van der Waals surface area contributed by atoms with E-state index in [0.29, 0.717) is 6.61 Å². The lowest BCUT2D eigenvalue weighted by Gasteiger charge is -2.11. The molecule has 1 atom stereocenters. The van der Waals surface area contributed by atoms with E-state index < -0.39 is 0 Å². The molecule has 1 aliphatic carbocycles. The van der Waals surface area contributed by atoms with E-state index in [1.54, 1.807) is 0 Å². The number of methoxy groups -OCH3 is 1. The summed E-state index contributed by atoms with van der Waals surface area (Å²) in [6.07, 6.45) is 1.96. The summed E-state index contributed by atoms with van der Waals surface area (Å²) in [6.45, 7) is 2.56. The van der Waals surface area contributed by atoms with E-state index in [2.05, 4.69) is 0 Å². The predicted octanol–water partition coefficient (Wildman–Crippen LogP) is 1.23. The van der Waals surface area contributed by atoms with E-state index in [4.69, 9.17) is 15.2 Å². The fourth-order valence-electron chi connectivity index (χ4n) is 2.46. The summed E-state index contributed by atoms with van der Waals surface area (Å²) in [5, 5.41) is 0. The normalized spacial score (nSPS) is 17.4. The van der Waals surface area contributed by atoms with Crippen LogP contribution in [0.1, 0.15) is 23.6 Å². The van der Waals surface area contributed by atoms with Crippen LogP contribution in [-0.4, -0.2) is 25.7 Å². The van der Waals surface area contributed by atoms with Gasteiger partial charge in [0.2, 0.25) is 0 Å². The first-order valence-electron chi connectivity index (χ1n) is 6.24. The van der Waals surface area contributed by atoms with Gasteiger partial charge in [-0.1, -0.05) is 0 Å². The minimum Gasteiger partial charge on any atom is -0.494 e. The molecule has 1 aromatic rings. The second-order valence-corrected chi connectivity index (χ2v) is 4.57. The maximum atomic E-state index is 11.4. The molecule has 1 aromatic carbocycles. The first-order chi connectivity index (χ1) is 8.63. The quantitative estimate of drug-likeness (QED) is 0.815. The van der Waals surface area contributed by atoms with Gasteiger partial charge in [-0.05, 0) is 48.6 Å². The highest BCUT2D eigenvalue weighted by atomic mass is 16.5. The van der Waals surface area contributed by atoms with Crippen molar-refractivity contribution < 1.29 is 14.3 Å². The monoisotopic (exact) mass is 249 g/mol. The third-order valence-electron chi connectivity index (χ3n) is 3.23. The topological polar surface area (TPSA) is 61.5 Å². The molecule has 2 N–H and O–H groups in total. The number of fused-ring (bicyclic) bond motifs is 1. The lowest BCUT2D eigenvalue weighted by Crippen LogP contribution is -2.19. The maximum Gasteiger partial charge on any atom is 0.309 e. The lowest BCUT2D eigenvalue weighted by molar-refractivity contribution is -0.139. The van der Waals surface area contributed by atoms with Crippen molar-refractivity contribution in [3.63, 3.8) is 0 Å². The molecular formula is C14H19NO3. The molecule has 2 rings (SSSR count). The van der Waals surface area contributed by atoms with Gasteiger partial charge < -0.3 is 15.2 Å². The van der Waals surface area contributed by atoms with Gasteiger partial charge in [0.05, 0.1) is 20.1 Å². The molecule has 98 valence electrons. The summed E-state index contributed by atoms with van der Waals surface area (Å²) in [5.74, 6) is 0.579. The molecule has 0 spiro atoms. The Morgan fingerprint density at radius 3 is 2.89 bits per heavy atom. The number of esters is 1. The van der Waals surface area contributed by atoms with Crippen LogP contribution in [0, 0.1) is 0 Å². The molecule has 0 aliphatic heterocycles. The number of hydrogen-bond donors (Lipinski definition) is 1. The fourth-order valence-corrected chi connectivity index (χ4v) is 2.46. The van der Waals surface area contributed by atoms with Crippen LogP contribution in [0.3, 0.4) is 0 Å². The molecule has 0 aromatic heterocycles. The number of nitrogens with two attached hydrogens (primary N) is 1. The van der Waals surface area contributed by atoms with Crippen molar-refractivity contribution in [2.24, 2.45) is 5.73 Å². The van der Waals surface area contributed by atoms with Crippen molar-refractivity contribution in [1.82, 2.24) is 0 Å². The van der Waals surface area contributed by atoms with Gasteiger partial charge in [0, 0.05) is 6.04 Å². The molecule has 0 amide bonds. The summed E-state index contributed by atoms with van der Waals surface area (Å²) < 4.78 is 10.3. The zero-order chi connectivity index (χ0) is 13.1. The molecule has 1 aliphatic rings. The molecule has 1 unspecified atom stereocenters. The van der Waals surface area contributed by atoms with E-state index >= 15 is 0 Å². The van der Waals surface area contributed by atoms with Crippen LogP contribution >= 0.6 is 0 Å². The fraction of sp³-hybridized carbons (Fsp3) is 0.500. The highest BCUT2D eigenvalue weighted by molar-refractivity contribution is 5.73. The van der Waals surface area contributed by atoms with E-state index in [0.717, 1.165) is 24.2 Å². The van der Waals surface area contributed by atoms with Crippen molar-refractivity contribution in [3.05, 3.63) is 28.8 Å². The first-order valence-corrected chi connectivity index (χ1v) is 6.24. The Hall–Kier alpha value is -1.55. The zero-order valence-corrected chi connectivity index (χ0v) is 10.9. The standard InChI is InChI=1S/C14H19NO3/c1-3-18-12-5-9-4-11(15)8-13(9)10(6-12)7-14(16)17-2/h5-6,11H,3-4,7-8,15H2,1-2H3. The van der Waals surface area contributed by atoms with Gasteiger partial charge in [-0.3, -0.25) is 4.79 Å². The average Bonchev–Trinajstić information content (AvgIpc) is 2.70. The van der Waals surface area contributed by atoms with Crippen LogP contribution in [0.15, 0.2) is 12.1 Å². The average molecular weight is 249 g/mol. The number of ether oxygens (including phenoxy) is 2. The van der Waals surface area contributed by atoms with Crippen LogP contribution in [-0.2, 0) is 28.8 Å². The van der Waals surface area contributed by atoms with Crippen molar-refractivity contribution in [2.45, 2.75) is 32.2 Å². The van der Waals surface area contributed by atoms with Crippen LogP contribution in [0.5, 0.6) is 5.75 Å². The highest BCUT2D eigenvalue weighted by Gasteiger charge is 2.23. The van der Waals surface area contributed by atoms with Crippen molar-refractivity contribution in [3.8, 4) is 5.75 Å². The highest BCUT2D eigenvalue weighted by Crippen LogP contribution is 2.30. The Bertz CT molecular complexity index is 457. The van der Waals surface area contributed by atoms with Crippen LogP contribution in [0.2, 0.25) is 0 Å². The molecule has 4 nitrogen and oxygen atoms in total. The Morgan fingerprint density at radius 2 is 2.22 bits per heavy atom.